The number of hydrogen-bond donors (Lipinski definition) is 1. The van der Waals surface area contributed by atoms with Crippen molar-refractivity contribution in [3.63, 3.8) is 0 Å². The lowest BCUT2D eigenvalue weighted by atomic mass is 10.1. The second-order valence-electron chi connectivity index (χ2n) is 5.63. The second kappa shape index (κ2) is 7.37. The SMILES string of the molecule is O=C(CCc1cnoc1-c1ccc(F)cc1)NCC1CCCO1. The van der Waals surface area contributed by atoms with Crippen molar-refractivity contribution in [2.24, 2.45) is 0 Å². The van der Waals surface area contributed by atoms with Crippen LogP contribution in [0.25, 0.3) is 11.3 Å². The molecule has 1 saturated heterocycles. The quantitative estimate of drug-likeness (QED) is 0.889. The van der Waals surface area contributed by atoms with Crippen LogP contribution < -0.4 is 5.32 Å². The van der Waals surface area contributed by atoms with Gasteiger partial charge in [-0.3, -0.25) is 4.79 Å². The largest absolute Gasteiger partial charge is 0.376 e. The zero-order valence-corrected chi connectivity index (χ0v) is 12.8. The van der Waals surface area contributed by atoms with Crippen molar-refractivity contribution in [1.82, 2.24) is 10.5 Å². The van der Waals surface area contributed by atoms with Crippen molar-refractivity contribution >= 4 is 5.91 Å². The summed E-state index contributed by atoms with van der Waals surface area (Å²) in [4.78, 5) is 11.9. The van der Waals surface area contributed by atoms with E-state index >= 15 is 0 Å². The number of rotatable bonds is 6. The molecule has 1 fully saturated rings. The van der Waals surface area contributed by atoms with Crippen molar-refractivity contribution in [2.45, 2.75) is 31.8 Å². The van der Waals surface area contributed by atoms with E-state index in [0.29, 0.717) is 25.1 Å². The first-order valence-electron chi connectivity index (χ1n) is 7.80. The van der Waals surface area contributed by atoms with Crippen LogP contribution >= 0.6 is 0 Å². The Morgan fingerprint density at radius 2 is 2.17 bits per heavy atom. The van der Waals surface area contributed by atoms with Gasteiger partial charge in [-0.15, -0.1) is 0 Å². The van der Waals surface area contributed by atoms with Crippen LogP contribution in [0.15, 0.2) is 35.0 Å². The fraction of sp³-hybridized carbons (Fsp3) is 0.412. The minimum atomic E-state index is -0.302. The summed E-state index contributed by atoms with van der Waals surface area (Å²) in [5.41, 5.74) is 1.59. The van der Waals surface area contributed by atoms with Gasteiger partial charge in [0.25, 0.3) is 0 Å². The van der Waals surface area contributed by atoms with Gasteiger partial charge in [0, 0.05) is 30.7 Å². The van der Waals surface area contributed by atoms with E-state index in [4.69, 9.17) is 9.26 Å². The summed E-state index contributed by atoms with van der Waals surface area (Å²) in [6.45, 7) is 1.34. The maximum Gasteiger partial charge on any atom is 0.220 e. The van der Waals surface area contributed by atoms with Crippen molar-refractivity contribution in [2.75, 3.05) is 13.2 Å². The highest BCUT2D eigenvalue weighted by atomic mass is 19.1. The van der Waals surface area contributed by atoms with Crippen LogP contribution in [-0.4, -0.2) is 30.3 Å². The summed E-state index contributed by atoms with van der Waals surface area (Å²) in [6, 6.07) is 6.01. The summed E-state index contributed by atoms with van der Waals surface area (Å²) in [5.74, 6) is 0.256. The van der Waals surface area contributed by atoms with Gasteiger partial charge in [-0.25, -0.2) is 4.39 Å². The fourth-order valence-electron chi connectivity index (χ4n) is 2.65. The number of ether oxygens (including phenoxy) is 1. The summed E-state index contributed by atoms with van der Waals surface area (Å²) >= 11 is 0. The third-order valence-corrected chi connectivity index (χ3v) is 3.92. The van der Waals surface area contributed by atoms with Gasteiger partial charge in [0.1, 0.15) is 5.82 Å². The first-order valence-corrected chi connectivity index (χ1v) is 7.80. The van der Waals surface area contributed by atoms with Crippen LogP contribution in [0.5, 0.6) is 0 Å². The standard InChI is InChI=1S/C17H19FN2O3/c18-14-6-3-12(4-7-14)17-13(10-20-23-17)5-8-16(21)19-11-15-2-1-9-22-15/h3-4,6-7,10,15H,1-2,5,8-9,11H2,(H,19,21). The van der Waals surface area contributed by atoms with Gasteiger partial charge in [0.05, 0.1) is 12.3 Å². The molecule has 1 aromatic heterocycles. The molecule has 3 rings (SSSR count). The molecular weight excluding hydrogens is 299 g/mol. The molecule has 0 saturated carbocycles. The van der Waals surface area contributed by atoms with E-state index < -0.39 is 0 Å². The number of nitrogens with one attached hydrogen (secondary N) is 1. The molecule has 5 nitrogen and oxygen atoms in total. The number of amides is 1. The number of aryl methyl sites for hydroxylation is 1. The van der Waals surface area contributed by atoms with Gasteiger partial charge >= 0.3 is 0 Å². The number of benzene rings is 1. The highest BCUT2D eigenvalue weighted by Crippen LogP contribution is 2.24. The molecule has 122 valence electrons. The first-order chi connectivity index (χ1) is 11.2. The Morgan fingerprint density at radius 1 is 1.35 bits per heavy atom. The molecule has 1 aromatic carbocycles. The van der Waals surface area contributed by atoms with Crippen molar-refractivity contribution in [3.05, 3.63) is 41.8 Å². The van der Waals surface area contributed by atoms with Crippen LogP contribution in [-0.2, 0) is 16.0 Å². The van der Waals surface area contributed by atoms with Gasteiger partial charge in [-0.1, -0.05) is 5.16 Å². The predicted molar refractivity (Wildman–Crippen MR) is 82.2 cm³/mol. The number of hydrogen-bond acceptors (Lipinski definition) is 4. The molecule has 0 aliphatic carbocycles. The average Bonchev–Trinajstić information content (AvgIpc) is 3.23. The highest BCUT2D eigenvalue weighted by Gasteiger charge is 2.17. The molecule has 2 aromatic rings. The third-order valence-electron chi connectivity index (χ3n) is 3.92. The average molecular weight is 318 g/mol. The maximum absolute atomic E-state index is 13.0. The number of aromatic nitrogens is 1. The topological polar surface area (TPSA) is 64.4 Å². The molecule has 1 amide bonds. The molecule has 2 heterocycles. The van der Waals surface area contributed by atoms with Crippen LogP contribution in [0.2, 0.25) is 0 Å². The van der Waals surface area contributed by atoms with Crippen LogP contribution in [0.1, 0.15) is 24.8 Å². The summed E-state index contributed by atoms with van der Waals surface area (Å²) in [6.07, 6.45) is 4.68. The van der Waals surface area contributed by atoms with E-state index in [9.17, 15) is 9.18 Å². The highest BCUT2D eigenvalue weighted by molar-refractivity contribution is 5.76. The van der Waals surface area contributed by atoms with Gasteiger partial charge in [0.15, 0.2) is 5.76 Å². The third kappa shape index (κ3) is 4.16. The minimum absolute atomic E-state index is 0.0215. The molecule has 1 N–H and O–H groups in total. The Hall–Kier alpha value is -2.21. The number of carbonyl (C=O) groups excluding carboxylic acids is 1. The van der Waals surface area contributed by atoms with Gasteiger partial charge in [-0.2, -0.15) is 0 Å². The lowest BCUT2D eigenvalue weighted by Gasteiger charge is -2.10. The predicted octanol–water partition coefficient (Wildman–Crippen LogP) is 2.71. The molecular formula is C17H19FN2O3. The lowest BCUT2D eigenvalue weighted by molar-refractivity contribution is -0.121. The van der Waals surface area contributed by atoms with E-state index in [2.05, 4.69) is 10.5 Å². The Labute approximate surface area is 133 Å². The monoisotopic (exact) mass is 318 g/mol. The molecule has 1 atom stereocenters. The first kappa shape index (κ1) is 15.7. The fourth-order valence-corrected chi connectivity index (χ4v) is 2.65. The van der Waals surface area contributed by atoms with Gasteiger partial charge in [0.2, 0.25) is 5.91 Å². The maximum atomic E-state index is 13.0. The van der Waals surface area contributed by atoms with E-state index in [-0.39, 0.29) is 17.8 Å². The molecule has 0 bridgehead atoms. The zero-order valence-electron chi connectivity index (χ0n) is 12.8. The Bertz CT molecular complexity index is 648. The number of carbonyl (C=O) groups is 1. The smallest absolute Gasteiger partial charge is 0.220 e. The Balaban J connectivity index is 1.53. The number of nitrogens with zero attached hydrogens (tertiary/aromatic N) is 1. The summed E-state index contributed by atoms with van der Waals surface area (Å²) in [7, 11) is 0. The van der Waals surface area contributed by atoms with Gasteiger partial charge in [-0.05, 0) is 43.5 Å². The van der Waals surface area contributed by atoms with Crippen molar-refractivity contribution in [1.29, 1.82) is 0 Å². The van der Waals surface area contributed by atoms with Crippen LogP contribution in [0, 0.1) is 5.82 Å². The summed E-state index contributed by atoms with van der Waals surface area (Å²) in [5, 5.41) is 6.68. The van der Waals surface area contributed by atoms with E-state index in [1.807, 2.05) is 0 Å². The Kier molecular flexibility index (Phi) is 5.02. The molecule has 0 radical (unpaired) electrons. The molecule has 6 heteroatoms. The van der Waals surface area contributed by atoms with Crippen LogP contribution in [0.4, 0.5) is 4.39 Å². The van der Waals surface area contributed by atoms with Crippen LogP contribution in [0.3, 0.4) is 0 Å². The second-order valence-corrected chi connectivity index (χ2v) is 5.63. The van der Waals surface area contributed by atoms with E-state index in [0.717, 1.165) is 30.6 Å². The number of halogens is 1. The molecule has 1 unspecified atom stereocenters. The molecule has 1 aliphatic rings. The van der Waals surface area contributed by atoms with Gasteiger partial charge < -0.3 is 14.6 Å². The van der Waals surface area contributed by atoms with E-state index in [1.54, 1.807) is 18.3 Å². The molecule has 1 aliphatic heterocycles. The van der Waals surface area contributed by atoms with Crippen molar-refractivity contribution in [3.8, 4) is 11.3 Å². The molecule has 0 spiro atoms. The molecule has 23 heavy (non-hydrogen) atoms. The zero-order chi connectivity index (χ0) is 16.1. The minimum Gasteiger partial charge on any atom is -0.376 e. The van der Waals surface area contributed by atoms with E-state index in [1.165, 1.54) is 12.1 Å². The summed E-state index contributed by atoms with van der Waals surface area (Å²) < 4.78 is 23.7. The normalized spacial score (nSPS) is 17.3. The lowest BCUT2D eigenvalue weighted by Crippen LogP contribution is -2.31. The van der Waals surface area contributed by atoms with Crippen molar-refractivity contribution < 1.29 is 18.4 Å². The Morgan fingerprint density at radius 3 is 2.91 bits per heavy atom.